The summed E-state index contributed by atoms with van der Waals surface area (Å²) in [6.07, 6.45) is 0.849. The molecule has 2 unspecified atom stereocenters. The first-order valence-electron chi connectivity index (χ1n) is 6.13. The molecular formula is C14H20N2O2. The van der Waals surface area contributed by atoms with Crippen LogP contribution in [0.4, 0.5) is 5.69 Å². The molecule has 1 amide bonds. The molecule has 1 rings (SSSR count). The van der Waals surface area contributed by atoms with Crippen LogP contribution in [0, 0.1) is 5.92 Å². The molecule has 0 heterocycles. The molecular weight excluding hydrogens is 228 g/mol. The van der Waals surface area contributed by atoms with E-state index in [0.29, 0.717) is 11.3 Å². The zero-order chi connectivity index (χ0) is 13.7. The minimum atomic E-state index is -0.531. The maximum absolute atomic E-state index is 11.9. The fourth-order valence-electron chi connectivity index (χ4n) is 1.55. The predicted octanol–water partition coefficient (Wildman–Crippen LogP) is 2.20. The lowest BCUT2D eigenvalue weighted by Gasteiger charge is -2.17. The summed E-state index contributed by atoms with van der Waals surface area (Å²) in [7, 11) is 0. The summed E-state index contributed by atoms with van der Waals surface area (Å²) in [4.78, 5) is 23.1. The van der Waals surface area contributed by atoms with Crippen molar-refractivity contribution in [1.29, 1.82) is 0 Å². The Morgan fingerprint density at radius 1 is 1.39 bits per heavy atom. The Kier molecular flexibility index (Phi) is 5.04. The Hall–Kier alpha value is -1.68. The monoisotopic (exact) mass is 248 g/mol. The van der Waals surface area contributed by atoms with E-state index in [1.165, 1.54) is 6.92 Å². The Morgan fingerprint density at radius 3 is 2.61 bits per heavy atom. The van der Waals surface area contributed by atoms with Gasteiger partial charge in [-0.1, -0.05) is 32.4 Å². The van der Waals surface area contributed by atoms with Crippen LogP contribution in [-0.2, 0) is 4.79 Å². The van der Waals surface area contributed by atoms with Gasteiger partial charge in [0.05, 0.1) is 6.04 Å². The number of carbonyl (C=O) groups excluding carboxylic acids is 2. The van der Waals surface area contributed by atoms with Gasteiger partial charge < -0.3 is 11.1 Å². The average molecular weight is 248 g/mol. The molecule has 2 atom stereocenters. The van der Waals surface area contributed by atoms with E-state index in [-0.39, 0.29) is 17.6 Å². The van der Waals surface area contributed by atoms with Gasteiger partial charge in [-0.2, -0.15) is 0 Å². The maximum Gasteiger partial charge on any atom is 0.241 e. The number of carbonyl (C=O) groups is 2. The van der Waals surface area contributed by atoms with E-state index in [4.69, 9.17) is 5.73 Å². The summed E-state index contributed by atoms with van der Waals surface area (Å²) in [5.41, 5.74) is 7.02. The second-order valence-electron chi connectivity index (χ2n) is 4.54. The van der Waals surface area contributed by atoms with Gasteiger partial charge in [-0.3, -0.25) is 9.59 Å². The molecule has 0 aliphatic carbocycles. The molecule has 0 fully saturated rings. The first kappa shape index (κ1) is 14.4. The summed E-state index contributed by atoms with van der Waals surface area (Å²) < 4.78 is 0. The van der Waals surface area contributed by atoms with E-state index in [1.54, 1.807) is 24.3 Å². The minimum absolute atomic E-state index is 0.0303. The third-order valence-corrected chi connectivity index (χ3v) is 3.10. The highest BCUT2D eigenvalue weighted by atomic mass is 16.2. The highest BCUT2D eigenvalue weighted by Crippen LogP contribution is 2.13. The van der Waals surface area contributed by atoms with Crippen LogP contribution in [0.25, 0.3) is 0 Å². The van der Waals surface area contributed by atoms with Gasteiger partial charge in [0, 0.05) is 11.3 Å². The number of benzene rings is 1. The van der Waals surface area contributed by atoms with E-state index < -0.39 is 6.04 Å². The molecule has 0 radical (unpaired) electrons. The van der Waals surface area contributed by atoms with Crippen molar-refractivity contribution in [3.63, 3.8) is 0 Å². The van der Waals surface area contributed by atoms with Gasteiger partial charge in [-0.05, 0) is 25.0 Å². The normalized spacial score (nSPS) is 13.8. The number of hydrogen-bond acceptors (Lipinski definition) is 3. The van der Waals surface area contributed by atoms with Gasteiger partial charge in [-0.25, -0.2) is 0 Å². The maximum atomic E-state index is 11.9. The van der Waals surface area contributed by atoms with Crippen LogP contribution in [0.15, 0.2) is 24.3 Å². The molecule has 0 aromatic heterocycles. The van der Waals surface area contributed by atoms with Gasteiger partial charge in [0.15, 0.2) is 5.78 Å². The molecule has 0 aliphatic heterocycles. The zero-order valence-electron chi connectivity index (χ0n) is 11.1. The highest BCUT2D eigenvalue weighted by molar-refractivity contribution is 5.98. The fourth-order valence-corrected chi connectivity index (χ4v) is 1.55. The SMILES string of the molecule is CCC(C)C(N)C(=O)Nc1cccc(C(C)=O)c1. The lowest BCUT2D eigenvalue weighted by Crippen LogP contribution is -2.40. The Labute approximate surface area is 108 Å². The van der Waals surface area contributed by atoms with Gasteiger partial charge in [0.2, 0.25) is 5.91 Å². The first-order chi connectivity index (χ1) is 8.45. The molecule has 0 spiro atoms. The molecule has 18 heavy (non-hydrogen) atoms. The van der Waals surface area contributed by atoms with Crippen LogP contribution >= 0.6 is 0 Å². The van der Waals surface area contributed by atoms with E-state index in [2.05, 4.69) is 5.32 Å². The number of ketones is 1. The molecule has 0 bridgehead atoms. The van der Waals surface area contributed by atoms with Crippen molar-refractivity contribution >= 4 is 17.4 Å². The lowest BCUT2D eigenvalue weighted by molar-refractivity contribution is -0.118. The van der Waals surface area contributed by atoms with Gasteiger partial charge in [0.1, 0.15) is 0 Å². The smallest absolute Gasteiger partial charge is 0.241 e. The largest absolute Gasteiger partial charge is 0.325 e. The number of hydrogen-bond donors (Lipinski definition) is 2. The number of rotatable bonds is 5. The van der Waals surface area contributed by atoms with E-state index in [9.17, 15) is 9.59 Å². The van der Waals surface area contributed by atoms with Crippen molar-refractivity contribution < 1.29 is 9.59 Å². The number of amides is 1. The minimum Gasteiger partial charge on any atom is -0.325 e. The predicted molar refractivity (Wildman–Crippen MR) is 72.5 cm³/mol. The van der Waals surface area contributed by atoms with Crippen molar-refractivity contribution in [2.45, 2.75) is 33.2 Å². The summed E-state index contributed by atoms with van der Waals surface area (Å²) in [6, 6.07) is 6.32. The van der Waals surface area contributed by atoms with Crippen molar-refractivity contribution in [2.24, 2.45) is 11.7 Å². The molecule has 1 aromatic carbocycles. The third kappa shape index (κ3) is 3.67. The summed E-state index contributed by atoms with van der Waals surface area (Å²) >= 11 is 0. The van der Waals surface area contributed by atoms with Crippen molar-refractivity contribution in [2.75, 3.05) is 5.32 Å². The second-order valence-corrected chi connectivity index (χ2v) is 4.54. The van der Waals surface area contributed by atoms with Gasteiger partial charge in [0.25, 0.3) is 0 Å². The number of nitrogens with two attached hydrogens (primary N) is 1. The van der Waals surface area contributed by atoms with E-state index in [0.717, 1.165) is 6.42 Å². The van der Waals surface area contributed by atoms with Crippen LogP contribution in [0.3, 0.4) is 0 Å². The van der Waals surface area contributed by atoms with Gasteiger partial charge in [-0.15, -0.1) is 0 Å². The van der Waals surface area contributed by atoms with Crippen LogP contribution < -0.4 is 11.1 Å². The summed E-state index contributed by atoms with van der Waals surface area (Å²) in [6.45, 7) is 5.43. The fraction of sp³-hybridized carbons (Fsp3) is 0.429. The molecule has 3 N–H and O–H groups in total. The average Bonchev–Trinajstić information content (AvgIpc) is 2.37. The van der Waals surface area contributed by atoms with Crippen molar-refractivity contribution in [3.05, 3.63) is 29.8 Å². The topological polar surface area (TPSA) is 72.2 Å². The zero-order valence-corrected chi connectivity index (χ0v) is 11.1. The third-order valence-electron chi connectivity index (χ3n) is 3.10. The number of anilines is 1. The van der Waals surface area contributed by atoms with Crippen LogP contribution in [-0.4, -0.2) is 17.7 Å². The number of nitrogens with one attached hydrogen (secondary N) is 1. The van der Waals surface area contributed by atoms with Crippen LogP contribution in [0.1, 0.15) is 37.6 Å². The number of Topliss-reactive ketones (excluding diaryl/α,β-unsaturated/α-hetero) is 1. The Balaban J connectivity index is 2.76. The molecule has 0 saturated heterocycles. The lowest BCUT2D eigenvalue weighted by atomic mass is 9.99. The van der Waals surface area contributed by atoms with Crippen LogP contribution in [0.2, 0.25) is 0 Å². The summed E-state index contributed by atoms with van der Waals surface area (Å²) in [5, 5.41) is 2.74. The van der Waals surface area contributed by atoms with E-state index >= 15 is 0 Å². The highest BCUT2D eigenvalue weighted by Gasteiger charge is 2.19. The molecule has 0 saturated carbocycles. The molecule has 1 aromatic rings. The van der Waals surface area contributed by atoms with Crippen LogP contribution in [0.5, 0.6) is 0 Å². The van der Waals surface area contributed by atoms with Gasteiger partial charge >= 0.3 is 0 Å². The van der Waals surface area contributed by atoms with Crippen molar-refractivity contribution in [1.82, 2.24) is 0 Å². The van der Waals surface area contributed by atoms with E-state index in [1.807, 2.05) is 13.8 Å². The molecule has 0 aliphatic rings. The standard InChI is InChI=1S/C14H20N2O2/c1-4-9(2)13(15)14(18)16-12-7-5-6-11(8-12)10(3)17/h5-9,13H,4,15H2,1-3H3,(H,16,18). The Morgan fingerprint density at radius 2 is 2.06 bits per heavy atom. The summed E-state index contributed by atoms with van der Waals surface area (Å²) in [5.74, 6) is -0.122. The second kappa shape index (κ2) is 6.31. The molecule has 4 nitrogen and oxygen atoms in total. The van der Waals surface area contributed by atoms with Crippen molar-refractivity contribution in [3.8, 4) is 0 Å². The quantitative estimate of drug-likeness (QED) is 0.785. The Bertz CT molecular complexity index is 443. The first-order valence-corrected chi connectivity index (χ1v) is 6.13. The molecule has 4 heteroatoms. The molecule has 98 valence electrons.